The summed E-state index contributed by atoms with van der Waals surface area (Å²) in [5, 5.41) is 3.31. The molecule has 96 valence electrons. The second kappa shape index (κ2) is 4.62. The van der Waals surface area contributed by atoms with Crippen LogP contribution in [0.5, 0.6) is 0 Å². The number of rotatable bonds is 3. The molecule has 4 atom stereocenters. The van der Waals surface area contributed by atoms with Gasteiger partial charge < -0.3 is 5.32 Å². The molecule has 0 aliphatic heterocycles. The fourth-order valence-corrected chi connectivity index (χ4v) is 4.54. The molecule has 3 fully saturated rings. The highest BCUT2D eigenvalue weighted by molar-refractivity contribution is 5.79. The van der Waals surface area contributed by atoms with Crippen molar-refractivity contribution in [2.45, 2.75) is 64.3 Å². The first kappa shape index (κ1) is 11.6. The van der Waals surface area contributed by atoms with Gasteiger partial charge in [-0.2, -0.15) is 0 Å². The Morgan fingerprint density at radius 3 is 2.47 bits per heavy atom. The van der Waals surface area contributed by atoms with Gasteiger partial charge in [-0.1, -0.05) is 19.3 Å². The molecule has 0 spiro atoms. The van der Waals surface area contributed by atoms with E-state index in [1.165, 1.54) is 38.5 Å². The molecule has 2 bridgehead atoms. The summed E-state index contributed by atoms with van der Waals surface area (Å²) in [7, 11) is 0. The molecule has 0 radical (unpaired) electrons. The van der Waals surface area contributed by atoms with Crippen molar-refractivity contribution in [2.24, 2.45) is 23.7 Å². The summed E-state index contributed by atoms with van der Waals surface area (Å²) in [5.41, 5.74) is 0. The molecule has 0 heterocycles. The van der Waals surface area contributed by atoms with Crippen LogP contribution in [0.4, 0.5) is 0 Å². The molecule has 3 aliphatic carbocycles. The number of carbonyl (C=O) groups excluding carboxylic acids is 1. The topological polar surface area (TPSA) is 29.1 Å². The van der Waals surface area contributed by atoms with Crippen molar-refractivity contribution in [1.29, 1.82) is 0 Å². The highest BCUT2D eigenvalue weighted by Crippen LogP contribution is 2.49. The van der Waals surface area contributed by atoms with E-state index < -0.39 is 0 Å². The van der Waals surface area contributed by atoms with Crippen LogP contribution in [-0.4, -0.2) is 11.9 Å². The summed E-state index contributed by atoms with van der Waals surface area (Å²) < 4.78 is 0. The molecule has 0 unspecified atom stereocenters. The molecule has 0 aromatic rings. The minimum absolute atomic E-state index is 0.330. The van der Waals surface area contributed by atoms with Crippen LogP contribution in [0.2, 0.25) is 0 Å². The van der Waals surface area contributed by atoms with E-state index in [4.69, 9.17) is 0 Å². The van der Waals surface area contributed by atoms with Gasteiger partial charge in [-0.25, -0.2) is 0 Å². The van der Waals surface area contributed by atoms with Crippen molar-refractivity contribution in [1.82, 2.24) is 5.32 Å². The lowest BCUT2D eigenvalue weighted by atomic mass is 9.84. The fraction of sp³-hybridized carbons (Fsp3) is 0.933. The Kier molecular flexibility index (Phi) is 3.14. The minimum atomic E-state index is 0.330. The molecule has 3 rings (SSSR count). The monoisotopic (exact) mass is 235 g/mol. The van der Waals surface area contributed by atoms with Crippen LogP contribution < -0.4 is 5.32 Å². The van der Waals surface area contributed by atoms with Crippen molar-refractivity contribution >= 4 is 5.91 Å². The fourth-order valence-electron chi connectivity index (χ4n) is 4.54. The van der Waals surface area contributed by atoms with Crippen LogP contribution >= 0.6 is 0 Å². The summed E-state index contributed by atoms with van der Waals surface area (Å²) in [6.45, 7) is 2.23. The Hall–Kier alpha value is -0.530. The Labute approximate surface area is 105 Å². The average Bonchev–Trinajstić information content (AvgIpc) is 3.05. The number of amides is 1. The summed E-state index contributed by atoms with van der Waals surface area (Å²) in [5.74, 6) is 3.35. The van der Waals surface area contributed by atoms with Crippen LogP contribution in [0.3, 0.4) is 0 Å². The summed E-state index contributed by atoms with van der Waals surface area (Å²) in [4.78, 5) is 12.1. The maximum atomic E-state index is 12.1. The van der Waals surface area contributed by atoms with Gasteiger partial charge in [0.15, 0.2) is 0 Å². The minimum Gasteiger partial charge on any atom is -0.353 e. The van der Waals surface area contributed by atoms with Crippen molar-refractivity contribution in [2.75, 3.05) is 0 Å². The Morgan fingerprint density at radius 2 is 1.88 bits per heavy atom. The lowest BCUT2D eigenvalue weighted by Gasteiger charge is -2.29. The van der Waals surface area contributed by atoms with E-state index in [2.05, 4.69) is 12.2 Å². The third-order valence-corrected chi connectivity index (χ3v) is 5.53. The summed E-state index contributed by atoms with van der Waals surface area (Å²) in [6.07, 6.45) is 10.4. The zero-order valence-electron chi connectivity index (χ0n) is 11.0. The number of carbonyl (C=O) groups is 1. The molecule has 3 aliphatic rings. The smallest absolute Gasteiger partial charge is 0.223 e. The predicted molar refractivity (Wildman–Crippen MR) is 68.5 cm³/mol. The largest absolute Gasteiger partial charge is 0.353 e. The van der Waals surface area contributed by atoms with Gasteiger partial charge in [-0.05, 0) is 56.8 Å². The quantitative estimate of drug-likeness (QED) is 0.800. The van der Waals surface area contributed by atoms with Crippen molar-refractivity contribution in [3.8, 4) is 0 Å². The average molecular weight is 235 g/mol. The molecule has 1 N–H and O–H groups in total. The third kappa shape index (κ3) is 2.23. The number of fused-ring (bicyclic) bond motifs is 2. The Bertz CT molecular complexity index is 295. The van der Waals surface area contributed by atoms with Gasteiger partial charge in [0.2, 0.25) is 5.91 Å². The molecule has 17 heavy (non-hydrogen) atoms. The number of nitrogens with one attached hydrogen (secondary N) is 1. The van der Waals surface area contributed by atoms with E-state index in [0.717, 1.165) is 30.6 Å². The van der Waals surface area contributed by atoms with E-state index in [-0.39, 0.29) is 0 Å². The zero-order chi connectivity index (χ0) is 11.8. The number of hydrogen-bond donors (Lipinski definition) is 1. The van der Waals surface area contributed by atoms with Gasteiger partial charge in [0, 0.05) is 12.0 Å². The van der Waals surface area contributed by atoms with Crippen molar-refractivity contribution in [3.05, 3.63) is 0 Å². The van der Waals surface area contributed by atoms with Crippen LogP contribution in [0.15, 0.2) is 0 Å². The van der Waals surface area contributed by atoms with Crippen molar-refractivity contribution < 1.29 is 4.79 Å². The second-order valence-corrected chi connectivity index (χ2v) is 6.62. The van der Waals surface area contributed by atoms with E-state index in [9.17, 15) is 4.79 Å². The Morgan fingerprint density at radius 1 is 1.12 bits per heavy atom. The third-order valence-electron chi connectivity index (χ3n) is 5.53. The zero-order valence-corrected chi connectivity index (χ0v) is 11.0. The van der Waals surface area contributed by atoms with Gasteiger partial charge in [0.1, 0.15) is 0 Å². The van der Waals surface area contributed by atoms with Gasteiger partial charge >= 0.3 is 0 Å². The normalized spacial score (nSPS) is 38.5. The van der Waals surface area contributed by atoms with Gasteiger partial charge in [0.05, 0.1) is 0 Å². The van der Waals surface area contributed by atoms with E-state index >= 15 is 0 Å². The molecular weight excluding hydrogens is 210 g/mol. The van der Waals surface area contributed by atoms with Crippen molar-refractivity contribution in [3.63, 3.8) is 0 Å². The molecule has 2 nitrogen and oxygen atoms in total. The SMILES string of the molecule is C[C@H](NC(=O)C1CCCC1)[C@H]1C[C@@H]2CC[C@@H]1C2. The number of hydrogen-bond acceptors (Lipinski definition) is 1. The van der Waals surface area contributed by atoms with E-state index in [1.807, 2.05) is 0 Å². The van der Waals surface area contributed by atoms with Crippen LogP contribution in [0.25, 0.3) is 0 Å². The molecule has 2 heteroatoms. The first-order chi connectivity index (χ1) is 8.24. The van der Waals surface area contributed by atoms with Crippen LogP contribution in [0.1, 0.15) is 58.3 Å². The van der Waals surface area contributed by atoms with Gasteiger partial charge in [-0.3, -0.25) is 4.79 Å². The van der Waals surface area contributed by atoms with Crippen LogP contribution in [-0.2, 0) is 4.79 Å². The molecular formula is C15H25NO. The lowest BCUT2D eigenvalue weighted by molar-refractivity contribution is -0.125. The molecule has 0 saturated heterocycles. The highest BCUT2D eigenvalue weighted by Gasteiger charge is 2.42. The second-order valence-electron chi connectivity index (χ2n) is 6.62. The summed E-state index contributed by atoms with van der Waals surface area (Å²) >= 11 is 0. The molecule has 0 aromatic heterocycles. The highest BCUT2D eigenvalue weighted by atomic mass is 16.1. The van der Waals surface area contributed by atoms with Gasteiger partial charge in [-0.15, -0.1) is 0 Å². The lowest BCUT2D eigenvalue weighted by Crippen LogP contribution is -2.42. The molecule has 1 amide bonds. The predicted octanol–water partition coefficient (Wildman–Crippen LogP) is 3.12. The molecule has 0 aromatic carbocycles. The first-order valence-corrected chi connectivity index (χ1v) is 7.54. The van der Waals surface area contributed by atoms with E-state index in [1.54, 1.807) is 0 Å². The first-order valence-electron chi connectivity index (χ1n) is 7.54. The summed E-state index contributed by atoms with van der Waals surface area (Å²) in [6, 6.07) is 0.415. The van der Waals surface area contributed by atoms with Crippen LogP contribution in [0, 0.1) is 23.7 Å². The van der Waals surface area contributed by atoms with E-state index in [0.29, 0.717) is 17.9 Å². The standard InChI is InChI=1S/C15H25NO/c1-10(14-9-11-6-7-13(14)8-11)16-15(17)12-4-2-3-5-12/h10-14H,2-9H2,1H3,(H,16,17)/t10-,11+,13+,14+/m0/s1. The van der Waals surface area contributed by atoms with Gasteiger partial charge in [0.25, 0.3) is 0 Å². The Balaban J connectivity index is 1.52. The maximum absolute atomic E-state index is 12.1. The molecule has 3 saturated carbocycles. The maximum Gasteiger partial charge on any atom is 0.223 e.